The molecule has 1 aliphatic rings. The number of ether oxygens (including phenoxy) is 1. The maximum Gasteiger partial charge on any atom is 0.256 e. The molecular weight excluding hydrogens is 328 g/mol. The highest BCUT2D eigenvalue weighted by Crippen LogP contribution is 2.27. The molecule has 26 heavy (non-hydrogen) atoms. The van der Waals surface area contributed by atoms with Gasteiger partial charge in [0.15, 0.2) is 0 Å². The maximum atomic E-state index is 12.7. The van der Waals surface area contributed by atoms with Crippen LogP contribution < -0.4 is 15.0 Å². The lowest BCUT2D eigenvalue weighted by molar-refractivity contribution is -0.121. The smallest absolute Gasteiger partial charge is 0.256 e. The molecule has 0 aliphatic carbocycles. The van der Waals surface area contributed by atoms with Crippen molar-refractivity contribution in [3.05, 3.63) is 54.1 Å². The van der Waals surface area contributed by atoms with Gasteiger partial charge in [-0.15, -0.1) is 0 Å². The quantitative estimate of drug-likeness (QED) is 0.771. The van der Waals surface area contributed by atoms with Crippen molar-refractivity contribution in [2.24, 2.45) is 0 Å². The molecule has 3 rings (SSSR count). The van der Waals surface area contributed by atoms with Gasteiger partial charge in [0.1, 0.15) is 11.8 Å². The van der Waals surface area contributed by atoms with Gasteiger partial charge >= 0.3 is 0 Å². The third-order valence-corrected chi connectivity index (χ3v) is 4.42. The normalized spacial score (nSPS) is 16.8. The fourth-order valence-electron chi connectivity index (χ4n) is 2.97. The van der Waals surface area contributed by atoms with E-state index in [1.807, 2.05) is 31.2 Å². The van der Waals surface area contributed by atoms with Crippen LogP contribution in [0.2, 0.25) is 0 Å². The minimum atomic E-state index is -0.536. The van der Waals surface area contributed by atoms with E-state index >= 15 is 0 Å². The molecule has 0 unspecified atom stereocenters. The molecule has 1 heterocycles. The summed E-state index contributed by atoms with van der Waals surface area (Å²) in [5.41, 5.74) is 2.66. The van der Waals surface area contributed by atoms with E-state index < -0.39 is 6.04 Å². The molecule has 1 aliphatic heterocycles. The molecule has 2 aromatic rings. The summed E-state index contributed by atoms with van der Waals surface area (Å²) in [5, 5.41) is 3.17. The predicted octanol–water partition coefficient (Wildman–Crippen LogP) is 3.78. The Kier molecular flexibility index (Phi) is 5.56. The van der Waals surface area contributed by atoms with E-state index in [0.717, 1.165) is 24.3 Å². The number of carbonyl (C=O) groups excluding carboxylic acids is 2. The van der Waals surface area contributed by atoms with Gasteiger partial charge in [-0.3, -0.25) is 9.59 Å². The number of carbonyl (C=O) groups is 2. The molecule has 2 aromatic carbocycles. The number of imide groups is 1. The Morgan fingerprint density at radius 3 is 2.35 bits per heavy atom. The second kappa shape index (κ2) is 8.04. The van der Waals surface area contributed by atoms with Crippen LogP contribution in [0.5, 0.6) is 5.75 Å². The molecule has 0 saturated carbocycles. The minimum Gasteiger partial charge on any atom is -0.494 e. The lowest BCUT2D eigenvalue weighted by Gasteiger charge is -2.16. The van der Waals surface area contributed by atoms with Crippen molar-refractivity contribution in [3.63, 3.8) is 0 Å². The van der Waals surface area contributed by atoms with Crippen LogP contribution in [0, 0.1) is 0 Å². The molecule has 0 aromatic heterocycles. The molecule has 0 radical (unpaired) electrons. The van der Waals surface area contributed by atoms with Crippen LogP contribution >= 0.6 is 0 Å². The summed E-state index contributed by atoms with van der Waals surface area (Å²) in [7, 11) is 0. The number of nitrogens with zero attached hydrogens (tertiary/aromatic N) is 1. The number of amides is 2. The average molecular weight is 352 g/mol. The lowest BCUT2D eigenvalue weighted by Crippen LogP contribution is -2.34. The fourth-order valence-corrected chi connectivity index (χ4v) is 2.97. The number of hydrogen-bond donors (Lipinski definition) is 1. The highest BCUT2D eigenvalue weighted by Gasteiger charge is 2.39. The summed E-state index contributed by atoms with van der Waals surface area (Å²) in [5.74, 6) is 0.317. The third-order valence-electron chi connectivity index (χ3n) is 4.42. The summed E-state index contributed by atoms with van der Waals surface area (Å²) >= 11 is 0. The van der Waals surface area contributed by atoms with E-state index in [9.17, 15) is 9.59 Å². The molecule has 5 nitrogen and oxygen atoms in total. The fraction of sp³-hybridized carbons (Fsp3) is 0.333. The van der Waals surface area contributed by atoms with E-state index in [0.29, 0.717) is 12.3 Å². The number of hydrogen-bond acceptors (Lipinski definition) is 4. The van der Waals surface area contributed by atoms with Crippen LogP contribution in [0.4, 0.5) is 11.4 Å². The maximum absolute atomic E-state index is 12.7. The summed E-state index contributed by atoms with van der Waals surface area (Å²) in [6.45, 7) is 4.78. The van der Waals surface area contributed by atoms with Crippen LogP contribution in [0.1, 0.15) is 32.3 Å². The third kappa shape index (κ3) is 3.87. The largest absolute Gasteiger partial charge is 0.494 e. The van der Waals surface area contributed by atoms with Gasteiger partial charge in [0, 0.05) is 5.69 Å². The van der Waals surface area contributed by atoms with Crippen molar-refractivity contribution in [3.8, 4) is 5.75 Å². The first-order valence-electron chi connectivity index (χ1n) is 9.07. The van der Waals surface area contributed by atoms with Crippen molar-refractivity contribution in [1.82, 2.24) is 0 Å². The van der Waals surface area contributed by atoms with Gasteiger partial charge in [-0.2, -0.15) is 0 Å². The molecule has 2 amide bonds. The molecule has 1 saturated heterocycles. The van der Waals surface area contributed by atoms with Gasteiger partial charge in [-0.1, -0.05) is 26.0 Å². The second-order valence-electron chi connectivity index (χ2n) is 6.36. The van der Waals surface area contributed by atoms with E-state index in [-0.39, 0.29) is 18.2 Å². The van der Waals surface area contributed by atoms with Gasteiger partial charge in [-0.25, -0.2) is 4.90 Å². The summed E-state index contributed by atoms with van der Waals surface area (Å²) in [6, 6.07) is 14.5. The molecular formula is C21H24N2O3. The molecule has 1 atom stereocenters. The zero-order chi connectivity index (χ0) is 18.5. The van der Waals surface area contributed by atoms with Crippen LogP contribution in [0.25, 0.3) is 0 Å². The molecule has 0 bridgehead atoms. The molecule has 5 heteroatoms. The highest BCUT2D eigenvalue weighted by molar-refractivity contribution is 6.23. The monoisotopic (exact) mass is 352 g/mol. The van der Waals surface area contributed by atoms with E-state index in [1.54, 1.807) is 24.3 Å². The molecule has 1 fully saturated rings. The van der Waals surface area contributed by atoms with Crippen molar-refractivity contribution in [1.29, 1.82) is 0 Å². The van der Waals surface area contributed by atoms with Gasteiger partial charge in [0.25, 0.3) is 5.91 Å². The van der Waals surface area contributed by atoms with Crippen LogP contribution in [-0.4, -0.2) is 24.5 Å². The molecule has 1 N–H and O–H groups in total. The number of anilines is 2. The summed E-state index contributed by atoms with van der Waals surface area (Å²) in [6.07, 6.45) is 2.05. The highest BCUT2D eigenvalue weighted by atomic mass is 16.5. The SMILES string of the molecule is CCCOc1ccc(N2C(=O)C[C@@H](Nc3ccc(CC)cc3)C2=O)cc1. The Morgan fingerprint density at radius 2 is 1.73 bits per heavy atom. The van der Waals surface area contributed by atoms with Gasteiger partial charge in [0.05, 0.1) is 18.7 Å². The Morgan fingerprint density at radius 1 is 1.04 bits per heavy atom. The minimum absolute atomic E-state index is 0.155. The molecule has 0 spiro atoms. The average Bonchev–Trinajstić information content (AvgIpc) is 2.94. The van der Waals surface area contributed by atoms with E-state index in [4.69, 9.17) is 4.74 Å². The predicted molar refractivity (Wildman–Crippen MR) is 103 cm³/mol. The van der Waals surface area contributed by atoms with Gasteiger partial charge < -0.3 is 10.1 Å². The van der Waals surface area contributed by atoms with Crippen molar-refractivity contribution in [2.75, 3.05) is 16.8 Å². The van der Waals surface area contributed by atoms with Crippen molar-refractivity contribution < 1.29 is 14.3 Å². The van der Waals surface area contributed by atoms with Crippen LogP contribution in [0.15, 0.2) is 48.5 Å². The second-order valence-corrected chi connectivity index (χ2v) is 6.36. The van der Waals surface area contributed by atoms with E-state index in [1.165, 1.54) is 10.5 Å². The van der Waals surface area contributed by atoms with Crippen molar-refractivity contribution in [2.45, 2.75) is 39.2 Å². The van der Waals surface area contributed by atoms with E-state index in [2.05, 4.69) is 12.2 Å². The first-order chi connectivity index (χ1) is 12.6. The topological polar surface area (TPSA) is 58.6 Å². The standard InChI is InChI=1S/C21H24N2O3/c1-3-13-26-18-11-9-17(10-12-18)23-20(24)14-19(21(23)25)22-16-7-5-15(4-2)6-8-16/h5-12,19,22H,3-4,13-14H2,1-2H3/t19-/m1/s1. The van der Waals surface area contributed by atoms with Crippen LogP contribution in [-0.2, 0) is 16.0 Å². The van der Waals surface area contributed by atoms with Crippen molar-refractivity contribution >= 4 is 23.2 Å². The molecule has 136 valence electrons. The number of rotatable bonds is 7. The van der Waals surface area contributed by atoms with Crippen LogP contribution in [0.3, 0.4) is 0 Å². The van der Waals surface area contributed by atoms with Gasteiger partial charge in [0.2, 0.25) is 5.91 Å². The number of benzene rings is 2. The number of nitrogens with one attached hydrogen (secondary N) is 1. The Balaban J connectivity index is 1.69. The Labute approximate surface area is 154 Å². The number of aryl methyl sites for hydroxylation is 1. The Hall–Kier alpha value is -2.82. The summed E-state index contributed by atoms with van der Waals surface area (Å²) < 4.78 is 5.54. The Bertz CT molecular complexity index is 769. The van der Waals surface area contributed by atoms with Gasteiger partial charge in [-0.05, 0) is 54.8 Å². The zero-order valence-corrected chi connectivity index (χ0v) is 15.2. The lowest BCUT2D eigenvalue weighted by atomic mass is 10.1. The first kappa shape index (κ1) is 18.0. The zero-order valence-electron chi connectivity index (χ0n) is 15.2. The first-order valence-corrected chi connectivity index (χ1v) is 9.07. The summed E-state index contributed by atoms with van der Waals surface area (Å²) in [4.78, 5) is 26.3.